The number of phenols is 1. The molecule has 24 heavy (non-hydrogen) atoms. The van der Waals surface area contributed by atoms with Gasteiger partial charge in [0.1, 0.15) is 28.6 Å². The van der Waals surface area contributed by atoms with Crippen molar-refractivity contribution in [2.75, 3.05) is 0 Å². The molecule has 0 fully saturated rings. The average molecular weight is 323 g/mol. The molecule has 0 aliphatic heterocycles. The van der Waals surface area contributed by atoms with Gasteiger partial charge in [0.15, 0.2) is 0 Å². The minimum absolute atomic E-state index is 0.0453. The molecule has 1 N–H and O–H groups in total. The summed E-state index contributed by atoms with van der Waals surface area (Å²) >= 11 is 0. The van der Waals surface area contributed by atoms with E-state index in [1.165, 1.54) is 4.80 Å². The molecule has 1 heterocycles. The van der Waals surface area contributed by atoms with Gasteiger partial charge in [-0.1, -0.05) is 31.7 Å². The highest BCUT2D eigenvalue weighted by Crippen LogP contribution is 2.29. The van der Waals surface area contributed by atoms with Crippen molar-refractivity contribution >= 4 is 17.0 Å². The second kappa shape index (κ2) is 6.54. The topological polar surface area (TPSA) is 77.2 Å². The molecule has 1 atom stereocenters. The van der Waals surface area contributed by atoms with Gasteiger partial charge < -0.3 is 9.84 Å². The molecule has 6 nitrogen and oxygen atoms in total. The summed E-state index contributed by atoms with van der Waals surface area (Å²) in [6.07, 6.45) is 1.30. The Morgan fingerprint density at radius 1 is 1.29 bits per heavy atom. The highest BCUT2D eigenvalue weighted by molar-refractivity contribution is 5.81. The highest BCUT2D eigenvalue weighted by atomic mass is 16.5. The molecule has 1 unspecified atom stereocenters. The maximum Gasteiger partial charge on any atom is 0.330 e. The number of hydrogen-bond acceptors (Lipinski definition) is 5. The number of aromatic hydroxyl groups is 1. The molecule has 122 valence electrons. The second-order valence-corrected chi connectivity index (χ2v) is 5.26. The lowest BCUT2D eigenvalue weighted by Gasteiger charge is -2.16. The molecule has 2 aromatic carbocycles. The SMILES string of the molecule is C=CC(=O)OC(CC)c1ccc(O)c(-n2nc3ccccc3n2)c1. The van der Waals surface area contributed by atoms with Crippen molar-refractivity contribution in [3.63, 3.8) is 0 Å². The minimum atomic E-state index is -0.487. The number of nitrogens with zero attached hydrogens (tertiary/aromatic N) is 3. The zero-order chi connectivity index (χ0) is 17.1. The molecule has 0 amide bonds. The number of rotatable bonds is 5. The van der Waals surface area contributed by atoms with Crippen LogP contribution in [0.1, 0.15) is 25.0 Å². The van der Waals surface area contributed by atoms with E-state index in [9.17, 15) is 9.90 Å². The van der Waals surface area contributed by atoms with Crippen molar-refractivity contribution in [3.8, 4) is 11.4 Å². The van der Waals surface area contributed by atoms with Gasteiger partial charge in [-0.15, -0.1) is 15.0 Å². The zero-order valence-corrected chi connectivity index (χ0v) is 13.2. The first kappa shape index (κ1) is 15.7. The van der Waals surface area contributed by atoms with Crippen LogP contribution in [-0.2, 0) is 9.53 Å². The molecular formula is C18H17N3O3. The lowest BCUT2D eigenvalue weighted by atomic mass is 10.1. The summed E-state index contributed by atoms with van der Waals surface area (Å²) in [5, 5.41) is 18.9. The first-order valence-corrected chi connectivity index (χ1v) is 7.60. The molecule has 0 saturated heterocycles. The Kier molecular flexibility index (Phi) is 4.29. The van der Waals surface area contributed by atoms with Gasteiger partial charge in [-0.3, -0.25) is 0 Å². The lowest BCUT2D eigenvalue weighted by Crippen LogP contribution is -2.09. The third-order valence-corrected chi connectivity index (χ3v) is 3.67. The van der Waals surface area contributed by atoms with E-state index in [1.807, 2.05) is 31.2 Å². The molecular weight excluding hydrogens is 306 g/mol. The number of hydrogen-bond donors (Lipinski definition) is 1. The molecule has 0 saturated carbocycles. The normalized spacial score (nSPS) is 12.0. The van der Waals surface area contributed by atoms with E-state index < -0.39 is 12.1 Å². The fourth-order valence-corrected chi connectivity index (χ4v) is 2.44. The second-order valence-electron chi connectivity index (χ2n) is 5.26. The Bertz CT molecular complexity index is 868. The highest BCUT2D eigenvalue weighted by Gasteiger charge is 2.17. The van der Waals surface area contributed by atoms with Crippen LogP contribution in [0, 0.1) is 0 Å². The molecule has 3 rings (SSSR count). The van der Waals surface area contributed by atoms with E-state index in [0.717, 1.165) is 22.7 Å². The number of fused-ring (bicyclic) bond motifs is 1. The first-order chi connectivity index (χ1) is 11.6. The Morgan fingerprint density at radius 2 is 1.96 bits per heavy atom. The van der Waals surface area contributed by atoms with Crippen molar-refractivity contribution in [2.45, 2.75) is 19.4 Å². The van der Waals surface area contributed by atoms with Crippen LogP contribution < -0.4 is 0 Å². The van der Waals surface area contributed by atoms with Gasteiger partial charge in [-0.2, -0.15) is 0 Å². The summed E-state index contributed by atoms with van der Waals surface area (Å²) in [6.45, 7) is 5.32. The fourth-order valence-electron chi connectivity index (χ4n) is 2.44. The number of carbonyl (C=O) groups excluding carboxylic acids is 1. The van der Waals surface area contributed by atoms with E-state index in [0.29, 0.717) is 12.1 Å². The quantitative estimate of drug-likeness (QED) is 0.576. The fraction of sp³-hybridized carbons (Fsp3) is 0.167. The predicted molar refractivity (Wildman–Crippen MR) is 89.9 cm³/mol. The Labute approximate surface area is 139 Å². The van der Waals surface area contributed by atoms with Crippen LogP contribution in [-0.4, -0.2) is 26.1 Å². The zero-order valence-electron chi connectivity index (χ0n) is 13.2. The van der Waals surface area contributed by atoms with Crippen molar-refractivity contribution in [3.05, 3.63) is 60.7 Å². The van der Waals surface area contributed by atoms with Gasteiger partial charge in [-0.05, 0) is 36.2 Å². The molecule has 0 bridgehead atoms. The Morgan fingerprint density at radius 3 is 2.54 bits per heavy atom. The Hall–Kier alpha value is -3.15. The lowest BCUT2D eigenvalue weighted by molar-refractivity contribution is -0.143. The van der Waals surface area contributed by atoms with Crippen LogP contribution in [0.5, 0.6) is 5.75 Å². The van der Waals surface area contributed by atoms with Gasteiger partial charge >= 0.3 is 5.97 Å². The van der Waals surface area contributed by atoms with Crippen LogP contribution in [0.3, 0.4) is 0 Å². The number of aromatic nitrogens is 3. The van der Waals surface area contributed by atoms with E-state index in [2.05, 4.69) is 16.8 Å². The van der Waals surface area contributed by atoms with Gasteiger partial charge in [0.2, 0.25) is 0 Å². The monoisotopic (exact) mass is 323 g/mol. The average Bonchev–Trinajstić information content (AvgIpc) is 3.03. The van der Waals surface area contributed by atoms with Crippen LogP contribution in [0.4, 0.5) is 0 Å². The van der Waals surface area contributed by atoms with Gasteiger partial charge in [0.25, 0.3) is 0 Å². The standard InChI is InChI=1S/C18H17N3O3/c1-3-17(24-18(23)4-2)12-9-10-16(22)15(11-12)21-19-13-7-5-6-8-14(13)20-21/h4-11,17,22H,2-3H2,1H3. The summed E-state index contributed by atoms with van der Waals surface area (Å²) in [5.74, 6) is -0.441. The number of esters is 1. The van der Waals surface area contributed by atoms with Gasteiger partial charge in [0, 0.05) is 6.08 Å². The molecule has 0 spiro atoms. The summed E-state index contributed by atoms with van der Waals surface area (Å²) in [4.78, 5) is 12.9. The molecule has 6 heteroatoms. The van der Waals surface area contributed by atoms with Crippen LogP contribution >= 0.6 is 0 Å². The molecule has 0 aliphatic rings. The maximum atomic E-state index is 11.5. The van der Waals surface area contributed by atoms with Gasteiger partial charge in [-0.25, -0.2) is 4.79 Å². The van der Waals surface area contributed by atoms with Crippen molar-refractivity contribution in [2.24, 2.45) is 0 Å². The van der Waals surface area contributed by atoms with E-state index >= 15 is 0 Å². The largest absolute Gasteiger partial charge is 0.506 e. The molecule has 0 radical (unpaired) electrons. The molecule has 3 aromatic rings. The number of phenolic OH excluding ortho intramolecular Hbond substituents is 1. The number of ether oxygens (including phenoxy) is 1. The first-order valence-electron chi connectivity index (χ1n) is 7.60. The third kappa shape index (κ3) is 2.99. The molecule has 0 aliphatic carbocycles. The van der Waals surface area contributed by atoms with Crippen molar-refractivity contribution in [1.82, 2.24) is 15.0 Å². The van der Waals surface area contributed by atoms with E-state index in [-0.39, 0.29) is 5.75 Å². The number of benzene rings is 2. The predicted octanol–water partition coefficient (Wildman–Crippen LogP) is 3.31. The van der Waals surface area contributed by atoms with Crippen LogP contribution in [0.25, 0.3) is 16.7 Å². The summed E-state index contributed by atoms with van der Waals surface area (Å²) in [7, 11) is 0. The van der Waals surface area contributed by atoms with E-state index in [4.69, 9.17) is 4.74 Å². The smallest absolute Gasteiger partial charge is 0.330 e. The third-order valence-electron chi connectivity index (χ3n) is 3.67. The van der Waals surface area contributed by atoms with Crippen LogP contribution in [0.15, 0.2) is 55.1 Å². The van der Waals surface area contributed by atoms with Crippen molar-refractivity contribution < 1.29 is 14.6 Å². The number of carbonyl (C=O) groups is 1. The summed E-state index contributed by atoms with van der Waals surface area (Å²) in [5.41, 5.74) is 2.64. The summed E-state index contributed by atoms with van der Waals surface area (Å²) in [6, 6.07) is 12.4. The van der Waals surface area contributed by atoms with Crippen molar-refractivity contribution in [1.29, 1.82) is 0 Å². The van der Waals surface area contributed by atoms with Gasteiger partial charge in [0.05, 0.1) is 0 Å². The van der Waals surface area contributed by atoms with E-state index in [1.54, 1.807) is 18.2 Å². The summed E-state index contributed by atoms with van der Waals surface area (Å²) < 4.78 is 5.34. The molecule has 1 aromatic heterocycles. The van der Waals surface area contributed by atoms with Crippen LogP contribution in [0.2, 0.25) is 0 Å². The maximum absolute atomic E-state index is 11.5. The minimum Gasteiger partial charge on any atom is -0.506 e. The Balaban J connectivity index is 2.02.